The summed E-state index contributed by atoms with van der Waals surface area (Å²) in [5, 5.41) is 2.85. The van der Waals surface area contributed by atoms with Crippen LogP contribution in [0.15, 0.2) is 29.8 Å². The topological polar surface area (TPSA) is 143 Å². The van der Waals surface area contributed by atoms with E-state index in [1.807, 2.05) is 6.92 Å². The maximum Gasteiger partial charge on any atom is 0.321 e. The molecular weight excluding hydrogens is 392 g/mol. The molecule has 3 aromatic rings. The van der Waals surface area contributed by atoms with E-state index < -0.39 is 5.91 Å². The van der Waals surface area contributed by atoms with Crippen molar-refractivity contribution in [1.29, 1.82) is 0 Å². The monoisotopic (exact) mass is 412 g/mol. The molecule has 1 aliphatic heterocycles. The molecule has 29 heavy (non-hydrogen) atoms. The van der Waals surface area contributed by atoms with Crippen molar-refractivity contribution >= 4 is 51.1 Å². The number of nitrogens with zero attached hydrogens (tertiary/aromatic N) is 5. The number of hydrogen-bond donors (Lipinski definition) is 3. The molecule has 2 aromatic heterocycles. The van der Waals surface area contributed by atoms with Crippen LogP contribution in [0.1, 0.15) is 17.3 Å². The maximum absolute atomic E-state index is 12.6. The molecule has 0 spiro atoms. The number of primary amides is 1. The Balaban J connectivity index is 1.45. The van der Waals surface area contributed by atoms with Gasteiger partial charge in [-0.25, -0.2) is 14.8 Å². The van der Waals surface area contributed by atoms with E-state index in [1.165, 1.54) is 11.3 Å². The molecule has 0 radical (unpaired) electrons. The van der Waals surface area contributed by atoms with Gasteiger partial charge in [-0.2, -0.15) is 4.98 Å². The molecule has 1 aliphatic rings. The maximum atomic E-state index is 12.6. The standard InChI is InChI=1S/C18H20N8O2S/c1-10-8-25(18(28)22-12-4-2-11(3-5-12)14(19)27)6-7-26(10)15-13-16(29-9-21-13)24-17(20)23-15/h2-5,9-10H,6-8H2,1H3,(H2,19,27)(H,22,28)(H2,20,23,24)/t10-/m0/s1. The zero-order valence-corrected chi connectivity index (χ0v) is 16.5. The summed E-state index contributed by atoms with van der Waals surface area (Å²) in [6.07, 6.45) is 0. The van der Waals surface area contributed by atoms with Crippen molar-refractivity contribution in [2.45, 2.75) is 13.0 Å². The summed E-state index contributed by atoms with van der Waals surface area (Å²) in [7, 11) is 0. The first-order valence-corrected chi connectivity index (χ1v) is 9.89. The van der Waals surface area contributed by atoms with Crippen LogP contribution in [0.2, 0.25) is 0 Å². The third-order valence-corrected chi connectivity index (χ3v) is 5.52. The fourth-order valence-electron chi connectivity index (χ4n) is 3.34. The van der Waals surface area contributed by atoms with E-state index in [9.17, 15) is 9.59 Å². The van der Waals surface area contributed by atoms with Crippen LogP contribution in [0.3, 0.4) is 0 Å². The molecule has 0 bridgehead atoms. The van der Waals surface area contributed by atoms with Crippen LogP contribution in [0.5, 0.6) is 0 Å². The van der Waals surface area contributed by atoms with Crippen molar-refractivity contribution in [3.05, 3.63) is 35.3 Å². The summed E-state index contributed by atoms with van der Waals surface area (Å²) >= 11 is 1.42. The molecule has 5 N–H and O–H groups in total. The summed E-state index contributed by atoms with van der Waals surface area (Å²) < 4.78 is 0. The van der Waals surface area contributed by atoms with Crippen molar-refractivity contribution in [2.75, 3.05) is 35.6 Å². The predicted octanol–water partition coefficient (Wildman–Crippen LogP) is 1.51. The van der Waals surface area contributed by atoms with Gasteiger partial charge in [0.05, 0.1) is 5.51 Å². The first-order chi connectivity index (χ1) is 13.9. The van der Waals surface area contributed by atoms with Crippen LogP contribution < -0.4 is 21.7 Å². The third-order valence-electron chi connectivity index (χ3n) is 4.80. The average Bonchev–Trinajstić information content (AvgIpc) is 3.16. The van der Waals surface area contributed by atoms with Gasteiger partial charge in [0.1, 0.15) is 5.52 Å². The number of amides is 3. The number of aromatic nitrogens is 3. The van der Waals surface area contributed by atoms with E-state index in [1.54, 1.807) is 34.7 Å². The van der Waals surface area contributed by atoms with E-state index in [0.717, 1.165) is 10.3 Å². The summed E-state index contributed by atoms with van der Waals surface area (Å²) in [4.78, 5) is 41.4. The first kappa shape index (κ1) is 18.9. The number of carbonyl (C=O) groups excluding carboxylic acids is 2. The van der Waals surface area contributed by atoms with Crippen LogP contribution in [0.4, 0.5) is 22.2 Å². The Bertz CT molecular complexity index is 1070. The van der Waals surface area contributed by atoms with Gasteiger partial charge in [0.15, 0.2) is 10.6 Å². The molecule has 1 atom stereocenters. The van der Waals surface area contributed by atoms with Crippen molar-refractivity contribution < 1.29 is 9.59 Å². The van der Waals surface area contributed by atoms with E-state index in [-0.39, 0.29) is 18.0 Å². The number of thiazole rings is 1. The highest BCUT2D eigenvalue weighted by Crippen LogP contribution is 2.28. The van der Waals surface area contributed by atoms with Crippen LogP contribution >= 0.6 is 11.3 Å². The number of carbonyl (C=O) groups is 2. The number of nitrogen functional groups attached to an aromatic ring is 1. The van der Waals surface area contributed by atoms with Gasteiger partial charge >= 0.3 is 6.03 Å². The van der Waals surface area contributed by atoms with Gasteiger partial charge in [0, 0.05) is 36.9 Å². The van der Waals surface area contributed by atoms with Crippen LogP contribution in [-0.2, 0) is 0 Å². The molecule has 1 saturated heterocycles. The lowest BCUT2D eigenvalue weighted by molar-refractivity contribution is 0.100. The van der Waals surface area contributed by atoms with Gasteiger partial charge in [-0.3, -0.25) is 4.79 Å². The number of fused-ring (bicyclic) bond motifs is 1. The quantitative estimate of drug-likeness (QED) is 0.591. The zero-order valence-electron chi connectivity index (χ0n) is 15.7. The average molecular weight is 412 g/mol. The van der Waals surface area contributed by atoms with Crippen LogP contribution in [0.25, 0.3) is 10.3 Å². The second-order valence-electron chi connectivity index (χ2n) is 6.77. The Morgan fingerprint density at radius 2 is 1.97 bits per heavy atom. The number of nitrogens with two attached hydrogens (primary N) is 2. The van der Waals surface area contributed by atoms with Gasteiger partial charge in [-0.1, -0.05) is 0 Å². The Labute approximate surface area is 170 Å². The number of piperazine rings is 1. The Hall–Kier alpha value is -3.47. The number of urea groups is 1. The lowest BCUT2D eigenvalue weighted by Crippen LogP contribution is -2.55. The normalized spacial score (nSPS) is 16.8. The minimum Gasteiger partial charge on any atom is -0.368 e. The van der Waals surface area contributed by atoms with Gasteiger partial charge in [-0.05, 0) is 31.2 Å². The molecule has 11 heteroatoms. The molecule has 10 nitrogen and oxygen atoms in total. The van der Waals surface area contributed by atoms with E-state index in [0.29, 0.717) is 36.7 Å². The first-order valence-electron chi connectivity index (χ1n) is 9.01. The number of benzene rings is 1. The second kappa shape index (κ2) is 7.51. The molecule has 4 rings (SSSR count). The Morgan fingerprint density at radius 3 is 2.66 bits per heavy atom. The zero-order chi connectivity index (χ0) is 20.5. The number of anilines is 3. The number of nitrogens with one attached hydrogen (secondary N) is 1. The molecule has 0 saturated carbocycles. The van der Waals surface area contributed by atoms with Crippen molar-refractivity contribution in [3.63, 3.8) is 0 Å². The molecule has 3 heterocycles. The Kier molecular flexibility index (Phi) is 4.89. The van der Waals surface area contributed by atoms with E-state index >= 15 is 0 Å². The largest absolute Gasteiger partial charge is 0.368 e. The van der Waals surface area contributed by atoms with E-state index in [4.69, 9.17) is 11.5 Å². The van der Waals surface area contributed by atoms with Crippen molar-refractivity contribution in [3.8, 4) is 0 Å². The third kappa shape index (κ3) is 3.76. The highest BCUT2D eigenvalue weighted by atomic mass is 32.1. The summed E-state index contributed by atoms with van der Waals surface area (Å²) in [6.45, 7) is 3.65. The van der Waals surface area contributed by atoms with E-state index in [2.05, 4.69) is 25.2 Å². The number of rotatable bonds is 3. The molecule has 1 aromatic carbocycles. The van der Waals surface area contributed by atoms with Gasteiger partial charge in [0.25, 0.3) is 0 Å². The minimum absolute atomic E-state index is 0.0194. The fraction of sp³-hybridized carbons (Fsp3) is 0.278. The summed E-state index contributed by atoms with van der Waals surface area (Å²) in [5.74, 6) is 0.402. The minimum atomic E-state index is -0.507. The van der Waals surface area contributed by atoms with Crippen molar-refractivity contribution in [2.24, 2.45) is 5.73 Å². The van der Waals surface area contributed by atoms with Crippen LogP contribution in [-0.4, -0.2) is 57.5 Å². The molecule has 150 valence electrons. The second-order valence-corrected chi connectivity index (χ2v) is 7.60. The Morgan fingerprint density at radius 1 is 1.21 bits per heavy atom. The number of hydrogen-bond acceptors (Lipinski definition) is 8. The molecule has 1 fully saturated rings. The summed E-state index contributed by atoms with van der Waals surface area (Å²) in [5.41, 5.74) is 14.5. The lowest BCUT2D eigenvalue weighted by atomic mass is 10.2. The highest BCUT2D eigenvalue weighted by molar-refractivity contribution is 7.16. The molecule has 0 unspecified atom stereocenters. The van der Waals surface area contributed by atoms with Gasteiger partial charge in [-0.15, -0.1) is 11.3 Å². The highest BCUT2D eigenvalue weighted by Gasteiger charge is 2.29. The predicted molar refractivity (Wildman–Crippen MR) is 112 cm³/mol. The smallest absolute Gasteiger partial charge is 0.321 e. The van der Waals surface area contributed by atoms with Crippen LogP contribution in [0, 0.1) is 0 Å². The molecule has 3 amide bonds. The van der Waals surface area contributed by atoms with Crippen molar-refractivity contribution in [1.82, 2.24) is 19.9 Å². The molecule has 0 aliphatic carbocycles. The molecular formula is C18H20N8O2S. The van der Waals surface area contributed by atoms with Gasteiger partial charge < -0.3 is 26.6 Å². The van der Waals surface area contributed by atoms with Gasteiger partial charge in [0.2, 0.25) is 11.9 Å². The summed E-state index contributed by atoms with van der Waals surface area (Å²) in [6, 6.07) is 6.28. The SMILES string of the molecule is C[C@H]1CN(C(=O)Nc2ccc(C(N)=O)cc2)CCN1c1nc(N)nc2scnc12. The lowest BCUT2D eigenvalue weighted by Gasteiger charge is -2.40. The fourth-order valence-corrected chi connectivity index (χ4v) is 4.00.